The van der Waals surface area contributed by atoms with Gasteiger partial charge in [0.05, 0.1) is 11.3 Å². The van der Waals surface area contributed by atoms with E-state index in [1.54, 1.807) is 23.1 Å². The number of hydrogen-bond donors (Lipinski definition) is 1. The lowest BCUT2D eigenvalue weighted by atomic mass is 10.0. The Labute approximate surface area is 115 Å². The molecule has 1 N–H and O–H groups in total. The smallest absolute Gasteiger partial charge is 0.150 e. The molecule has 3 nitrogen and oxygen atoms in total. The van der Waals surface area contributed by atoms with E-state index < -0.39 is 0 Å². The highest BCUT2D eigenvalue weighted by molar-refractivity contribution is 8.01. The van der Waals surface area contributed by atoms with Gasteiger partial charge in [-0.3, -0.25) is 0 Å². The first-order valence-electron chi connectivity index (χ1n) is 5.83. The summed E-state index contributed by atoms with van der Waals surface area (Å²) in [4.78, 5) is 4.33. The van der Waals surface area contributed by atoms with Crippen molar-refractivity contribution in [3.05, 3.63) is 41.4 Å². The van der Waals surface area contributed by atoms with E-state index in [0.29, 0.717) is 17.9 Å². The SMILES string of the molecule is CNC1c2ccccc2OCC1Sc1nccs1. The molecule has 94 valence electrons. The Balaban J connectivity index is 1.85. The number of rotatable bonds is 3. The fourth-order valence-electron chi connectivity index (χ4n) is 2.18. The van der Waals surface area contributed by atoms with Gasteiger partial charge in [0, 0.05) is 17.1 Å². The summed E-state index contributed by atoms with van der Waals surface area (Å²) in [7, 11) is 2.00. The summed E-state index contributed by atoms with van der Waals surface area (Å²) < 4.78 is 6.93. The maximum atomic E-state index is 5.83. The molecule has 1 aromatic carbocycles. The van der Waals surface area contributed by atoms with Crippen molar-refractivity contribution in [2.75, 3.05) is 13.7 Å². The summed E-state index contributed by atoms with van der Waals surface area (Å²) >= 11 is 3.47. The molecule has 0 radical (unpaired) electrons. The summed E-state index contributed by atoms with van der Waals surface area (Å²) in [5.41, 5.74) is 1.24. The average Bonchev–Trinajstić information content (AvgIpc) is 2.91. The van der Waals surface area contributed by atoms with Gasteiger partial charge in [0.15, 0.2) is 0 Å². The van der Waals surface area contributed by atoms with Crippen LogP contribution in [-0.2, 0) is 0 Å². The van der Waals surface area contributed by atoms with E-state index in [1.165, 1.54) is 5.56 Å². The molecule has 1 aliphatic rings. The third-order valence-electron chi connectivity index (χ3n) is 3.00. The van der Waals surface area contributed by atoms with E-state index in [9.17, 15) is 0 Å². The number of nitrogens with one attached hydrogen (secondary N) is 1. The topological polar surface area (TPSA) is 34.1 Å². The molecule has 0 fully saturated rings. The van der Waals surface area contributed by atoms with Gasteiger partial charge in [-0.2, -0.15) is 0 Å². The van der Waals surface area contributed by atoms with Crippen molar-refractivity contribution in [2.24, 2.45) is 0 Å². The van der Waals surface area contributed by atoms with Crippen molar-refractivity contribution >= 4 is 23.1 Å². The summed E-state index contributed by atoms with van der Waals surface area (Å²) in [6, 6.07) is 8.54. The summed E-state index contributed by atoms with van der Waals surface area (Å²) in [5.74, 6) is 0.993. The average molecular weight is 278 g/mol. The van der Waals surface area contributed by atoms with Crippen LogP contribution >= 0.6 is 23.1 Å². The van der Waals surface area contributed by atoms with E-state index in [2.05, 4.69) is 22.4 Å². The lowest BCUT2D eigenvalue weighted by molar-refractivity contribution is 0.265. The molecule has 5 heteroatoms. The Morgan fingerprint density at radius 3 is 3.11 bits per heavy atom. The molecule has 2 aromatic rings. The Kier molecular flexibility index (Phi) is 3.54. The molecule has 0 bridgehead atoms. The molecule has 1 aliphatic heterocycles. The third-order valence-corrected chi connectivity index (χ3v) is 5.16. The van der Waals surface area contributed by atoms with E-state index in [1.807, 2.05) is 30.8 Å². The number of aromatic nitrogens is 1. The number of fused-ring (bicyclic) bond motifs is 1. The molecule has 2 unspecified atom stereocenters. The minimum absolute atomic E-state index is 0.309. The molecule has 0 saturated carbocycles. The highest BCUT2D eigenvalue weighted by Gasteiger charge is 2.30. The molecule has 0 aliphatic carbocycles. The van der Waals surface area contributed by atoms with E-state index in [-0.39, 0.29) is 0 Å². The van der Waals surface area contributed by atoms with Gasteiger partial charge < -0.3 is 10.1 Å². The minimum Gasteiger partial charge on any atom is -0.492 e. The van der Waals surface area contributed by atoms with Gasteiger partial charge in [0.2, 0.25) is 0 Å². The van der Waals surface area contributed by atoms with Crippen LogP contribution in [-0.4, -0.2) is 23.9 Å². The number of ether oxygens (including phenoxy) is 1. The predicted octanol–water partition coefficient (Wildman–Crippen LogP) is 2.96. The monoisotopic (exact) mass is 278 g/mol. The second kappa shape index (κ2) is 5.30. The maximum absolute atomic E-state index is 5.83. The third kappa shape index (κ3) is 2.25. The van der Waals surface area contributed by atoms with Crippen molar-refractivity contribution in [1.82, 2.24) is 10.3 Å². The van der Waals surface area contributed by atoms with Crippen molar-refractivity contribution in [3.8, 4) is 5.75 Å². The molecule has 18 heavy (non-hydrogen) atoms. The molecule has 2 atom stereocenters. The second-order valence-corrected chi connectivity index (χ2v) is 6.45. The molecular formula is C13H14N2OS2. The van der Waals surface area contributed by atoms with Gasteiger partial charge >= 0.3 is 0 Å². The van der Waals surface area contributed by atoms with Crippen LogP contribution < -0.4 is 10.1 Å². The fraction of sp³-hybridized carbons (Fsp3) is 0.308. The van der Waals surface area contributed by atoms with Crippen LogP contribution in [0.15, 0.2) is 40.2 Å². The van der Waals surface area contributed by atoms with E-state index in [0.717, 1.165) is 10.1 Å². The van der Waals surface area contributed by atoms with E-state index in [4.69, 9.17) is 4.74 Å². The van der Waals surface area contributed by atoms with Gasteiger partial charge in [-0.1, -0.05) is 30.0 Å². The normalized spacial score (nSPS) is 22.3. The maximum Gasteiger partial charge on any atom is 0.150 e. The van der Waals surface area contributed by atoms with Crippen LogP contribution in [0.25, 0.3) is 0 Å². The summed E-state index contributed by atoms with van der Waals surface area (Å²) in [6.45, 7) is 0.715. The molecule has 0 saturated heterocycles. The molecule has 2 heterocycles. The van der Waals surface area contributed by atoms with Crippen molar-refractivity contribution in [3.63, 3.8) is 0 Å². The van der Waals surface area contributed by atoms with Gasteiger partial charge in [0.1, 0.15) is 16.7 Å². The molecular weight excluding hydrogens is 264 g/mol. The Hall–Kier alpha value is -1.04. The molecule has 3 rings (SSSR count). The van der Waals surface area contributed by atoms with E-state index >= 15 is 0 Å². The second-order valence-electron chi connectivity index (χ2n) is 4.07. The Morgan fingerprint density at radius 1 is 1.44 bits per heavy atom. The number of thiazole rings is 1. The van der Waals surface area contributed by atoms with Gasteiger partial charge in [-0.25, -0.2) is 4.98 Å². The first-order chi connectivity index (χ1) is 8.88. The van der Waals surface area contributed by atoms with Crippen LogP contribution in [0, 0.1) is 0 Å². The first kappa shape index (κ1) is 12.0. The highest BCUT2D eigenvalue weighted by atomic mass is 32.2. The molecule has 1 aromatic heterocycles. The van der Waals surface area contributed by atoms with Crippen LogP contribution in [0.3, 0.4) is 0 Å². The van der Waals surface area contributed by atoms with Gasteiger partial charge in [-0.05, 0) is 13.1 Å². The van der Waals surface area contributed by atoms with Gasteiger partial charge in [-0.15, -0.1) is 11.3 Å². The number of thioether (sulfide) groups is 1. The summed E-state index contributed by atoms with van der Waals surface area (Å²) in [5, 5.41) is 5.76. The van der Waals surface area contributed by atoms with Crippen LogP contribution in [0.4, 0.5) is 0 Å². The number of hydrogen-bond acceptors (Lipinski definition) is 5. The van der Waals surface area contributed by atoms with Crippen LogP contribution in [0.2, 0.25) is 0 Å². The van der Waals surface area contributed by atoms with Gasteiger partial charge in [0.25, 0.3) is 0 Å². The zero-order valence-electron chi connectivity index (χ0n) is 10.00. The van der Waals surface area contributed by atoms with Crippen LogP contribution in [0.5, 0.6) is 5.75 Å². The fourth-order valence-corrected chi connectivity index (χ4v) is 4.23. The quantitative estimate of drug-likeness (QED) is 0.936. The lowest BCUT2D eigenvalue weighted by Crippen LogP contribution is -2.35. The Morgan fingerprint density at radius 2 is 2.33 bits per heavy atom. The zero-order chi connectivity index (χ0) is 12.4. The Bertz CT molecular complexity index is 515. The number of nitrogens with zero attached hydrogens (tertiary/aromatic N) is 1. The zero-order valence-corrected chi connectivity index (χ0v) is 11.6. The van der Waals surface area contributed by atoms with Crippen molar-refractivity contribution < 1.29 is 4.74 Å². The summed E-state index contributed by atoms with van der Waals surface area (Å²) in [6.07, 6.45) is 1.85. The van der Waals surface area contributed by atoms with Crippen LogP contribution in [0.1, 0.15) is 11.6 Å². The minimum atomic E-state index is 0.309. The lowest BCUT2D eigenvalue weighted by Gasteiger charge is -2.32. The largest absolute Gasteiger partial charge is 0.492 e. The standard InChI is InChI=1S/C13H14N2OS2/c1-14-12-9-4-2-3-5-10(9)16-8-11(12)18-13-15-6-7-17-13/h2-7,11-12,14H,8H2,1H3. The van der Waals surface area contributed by atoms with Crippen molar-refractivity contribution in [2.45, 2.75) is 15.6 Å². The number of benzene rings is 1. The van der Waals surface area contributed by atoms with Crippen molar-refractivity contribution in [1.29, 1.82) is 0 Å². The predicted molar refractivity (Wildman–Crippen MR) is 75.5 cm³/mol. The molecule has 0 spiro atoms. The highest BCUT2D eigenvalue weighted by Crippen LogP contribution is 2.39. The first-order valence-corrected chi connectivity index (χ1v) is 7.59. The molecule has 0 amide bonds. The number of para-hydroxylation sites is 1.